The summed E-state index contributed by atoms with van der Waals surface area (Å²) in [5.74, 6) is -6.76. The molecule has 2 aromatic carbocycles. The highest BCUT2D eigenvalue weighted by Crippen LogP contribution is 2.20. The van der Waals surface area contributed by atoms with Gasteiger partial charge in [0.2, 0.25) is 47.3 Å². The van der Waals surface area contributed by atoms with Crippen LogP contribution in [0.4, 0.5) is 0 Å². The van der Waals surface area contributed by atoms with Crippen LogP contribution >= 0.6 is 0 Å². The molecule has 410 valence electrons. The van der Waals surface area contributed by atoms with Gasteiger partial charge in [-0.25, -0.2) is 0 Å². The topological polar surface area (TPSA) is 476 Å². The number of amides is 8. The third-order valence-corrected chi connectivity index (χ3v) is 11.3. The Morgan fingerprint density at radius 3 is 1.52 bits per heavy atom. The molecule has 8 amide bonds. The van der Waals surface area contributed by atoms with Crippen LogP contribution in [0.5, 0.6) is 5.75 Å². The van der Waals surface area contributed by atoms with Crippen LogP contribution in [0.15, 0.2) is 69.7 Å². The second kappa shape index (κ2) is 31.1. The first-order valence-electron chi connectivity index (χ1n) is 24.4. The molecule has 6 atom stereocenters. The minimum atomic E-state index is -1.36. The van der Waals surface area contributed by atoms with E-state index in [9.17, 15) is 43.5 Å². The average Bonchev–Trinajstić information content (AvgIpc) is 3.75. The lowest BCUT2D eigenvalue weighted by atomic mass is 10.00. The van der Waals surface area contributed by atoms with E-state index in [0.29, 0.717) is 17.5 Å². The minimum Gasteiger partial charge on any atom is -0.508 e. The van der Waals surface area contributed by atoms with Crippen molar-refractivity contribution in [1.29, 1.82) is 0 Å². The van der Waals surface area contributed by atoms with Crippen molar-refractivity contribution in [3.8, 4) is 5.75 Å². The zero-order valence-electron chi connectivity index (χ0n) is 42.5. The maximum atomic E-state index is 14.5. The van der Waals surface area contributed by atoms with Gasteiger partial charge in [0.05, 0.1) is 6.54 Å². The zero-order chi connectivity index (χ0) is 55.6. The van der Waals surface area contributed by atoms with Crippen LogP contribution in [0.2, 0.25) is 0 Å². The molecule has 1 aromatic heterocycles. The number of aromatic nitrogens is 1. The van der Waals surface area contributed by atoms with Gasteiger partial charge in [-0.05, 0) is 80.2 Å². The first-order valence-corrected chi connectivity index (χ1v) is 24.4. The fourth-order valence-electron chi connectivity index (χ4n) is 7.71. The summed E-state index contributed by atoms with van der Waals surface area (Å²) in [6.45, 7) is 4.55. The van der Waals surface area contributed by atoms with Crippen molar-refractivity contribution >= 4 is 76.0 Å². The molecule has 0 aliphatic heterocycles. The van der Waals surface area contributed by atoms with Crippen molar-refractivity contribution in [2.45, 2.75) is 115 Å². The Kier molecular flexibility index (Phi) is 25.1. The molecule has 0 aliphatic rings. The number of carbonyl (C=O) groups excluding carboxylic acids is 8. The van der Waals surface area contributed by atoms with Crippen molar-refractivity contribution in [3.63, 3.8) is 0 Å². The summed E-state index contributed by atoms with van der Waals surface area (Å²) in [5, 5.41) is 28.9. The van der Waals surface area contributed by atoms with Gasteiger partial charge >= 0.3 is 0 Å². The van der Waals surface area contributed by atoms with Crippen LogP contribution in [0.3, 0.4) is 0 Å². The lowest BCUT2D eigenvalue weighted by Crippen LogP contribution is -2.59. The smallest absolute Gasteiger partial charge is 0.243 e. The number of para-hydroxylation sites is 1. The lowest BCUT2D eigenvalue weighted by molar-refractivity contribution is -0.135. The number of phenolic OH excluding ortho intramolecular Hbond substituents is 1. The Morgan fingerprint density at radius 2 is 1.03 bits per heavy atom. The normalized spacial score (nSPS) is 13.3. The number of H-pyrrole nitrogens is 1. The van der Waals surface area contributed by atoms with Crippen LogP contribution < -0.4 is 77.4 Å². The Bertz CT molecular complexity index is 2500. The lowest BCUT2D eigenvalue weighted by Gasteiger charge is -2.28. The molecule has 0 saturated heterocycles. The molecular formula is C48H74N18O9. The monoisotopic (exact) mass is 1050 g/mol. The van der Waals surface area contributed by atoms with Gasteiger partial charge in [-0.15, -0.1) is 0 Å². The summed E-state index contributed by atoms with van der Waals surface area (Å²) in [7, 11) is 0. The third kappa shape index (κ3) is 22.8. The number of aromatic hydroxyl groups is 1. The standard InChI is InChI=1S/C48H74N18O9/c1-26(2)21-37(44(74)63-34(12-7-19-57-47(52)53)42(72)65-36(40(49)70)22-28-14-16-30(68)17-15-28)66-43(73)35(13-8-20-58-48(54)55)64-45(75)38(23-29-24-59-32-10-5-4-9-31(29)32)62-39(69)25-60-41(71)33(61-27(3)67)11-6-18-56-46(50)51/h4-5,9-10,14-17,24,26,33-38,59,68H,6-8,11-13,18-23,25H2,1-3H3,(H2,49,70)(H,60,71)(H,61,67)(H,62,69)(H,63,74)(H,64,75)(H,65,72)(H,66,73)(H4,50,51,56)(H4,52,53,57)(H4,54,55,58)/t33-,34-,35-,36-,37-,38-/m0/s1. The van der Waals surface area contributed by atoms with Crippen LogP contribution in [-0.4, -0.2) is 138 Å². The molecule has 0 radical (unpaired) electrons. The molecule has 1 heterocycles. The van der Waals surface area contributed by atoms with Gasteiger partial charge in [-0.1, -0.05) is 44.2 Å². The van der Waals surface area contributed by atoms with Crippen molar-refractivity contribution in [3.05, 3.63) is 65.9 Å². The van der Waals surface area contributed by atoms with Crippen LogP contribution in [0, 0.1) is 5.92 Å². The molecule has 0 spiro atoms. The summed E-state index contributed by atoms with van der Waals surface area (Å²) >= 11 is 0. The van der Waals surface area contributed by atoms with Crippen LogP contribution in [0.1, 0.15) is 76.8 Å². The number of phenols is 1. The van der Waals surface area contributed by atoms with Crippen molar-refractivity contribution in [2.24, 2.45) is 61.0 Å². The van der Waals surface area contributed by atoms with E-state index >= 15 is 0 Å². The van der Waals surface area contributed by atoms with E-state index in [2.05, 4.69) is 57.2 Å². The highest BCUT2D eigenvalue weighted by Gasteiger charge is 2.33. The second-order valence-electron chi connectivity index (χ2n) is 18.1. The Balaban J connectivity index is 1.92. The number of aliphatic imine (C=N–C) groups is 3. The van der Waals surface area contributed by atoms with Crippen molar-refractivity contribution in [2.75, 3.05) is 26.2 Å². The number of benzene rings is 2. The number of hydrogen-bond acceptors (Lipinski definition) is 12. The quantitative estimate of drug-likeness (QED) is 0.0163. The summed E-state index contributed by atoms with van der Waals surface area (Å²) < 4.78 is 0. The Labute approximate surface area is 434 Å². The summed E-state index contributed by atoms with van der Waals surface area (Å²) in [6, 6.07) is 5.64. The van der Waals surface area contributed by atoms with E-state index in [4.69, 9.17) is 40.1 Å². The molecule has 3 aromatic rings. The highest BCUT2D eigenvalue weighted by atomic mass is 16.3. The number of hydrogen-bond donors (Lipinski definition) is 16. The van der Waals surface area contributed by atoms with Gasteiger partial charge in [0.1, 0.15) is 42.0 Å². The largest absolute Gasteiger partial charge is 0.508 e. The predicted molar refractivity (Wildman–Crippen MR) is 282 cm³/mol. The van der Waals surface area contributed by atoms with E-state index in [0.717, 1.165) is 10.9 Å². The summed E-state index contributed by atoms with van der Waals surface area (Å²) in [4.78, 5) is 123. The number of primary amides is 1. The molecule has 0 unspecified atom stereocenters. The van der Waals surface area contributed by atoms with E-state index < -0.39 is 90.1 Å². The third-order valence-electron chi connectivity index (χ3n) is 11.3. The molecule has 23 N–H and O–H groups in total. The number of carbonyl (C=O) groups is 8. The molecule has 27 heteroatoms. The fraction of sp³-hybridized carbons (Fsp3) is 0.479. The SMILES string of the molecule is CC(=O)N[C@@H](CCCN=C(N)N)C(=O)NCC(=O)N[C@@H](Cc1c[nH]c2ccccc12)C(=O)N[C@@H](CCCN=C(N)N)C(=O)N[C@@H](CC(C)C)C(=O)N[C@@H](CCCN=C(N)N)C(=O)N[C@@H](Cc1ccc(O)cc1)C(N)=O. The first-order chi connectivity index (χ1) is 35.5. The highest BCUT2D eigenvalue weighted by molar-refractivity contribution is 5.97. The van der Waals surface area contributed by atoms with E-state index in [1.165, 1.54) is 19.1 Å². The Hall–Kier alpha value is -8.65. The van der Waals surface area contributed by atoms with Gasteiger partial charge in [0.25, 0.3) is 0 Å². The number of fused-ring (bicyclic) bond motifs is 1. The maximum Gasteiger partial charge on any atom is 0.243 e. The number of rotatable bonds is 32. The molecule has 3 rings (SSSR count). The minimum absolute atomic E-state index is 0.0104. The number of nitrogens with zero attached hydrogens (tertiary/aromatic N) is 3. The van der Waals surface area contributed by atoms with Crippen LogP contribution in [-0.2, 0) is 51.2 Å². The fourth-order valence-corrected chi connectivity index (χ4v) is 7.71. The first kappa shape index (κ1) is 60.7. The van der Waals surface area contributed by atoms with Gasteiger partial charge in [0.15, 0.2) is 17.9 Å². The molecule has 0 saturated carbocycles. The zero-order valence-corrected chi connectivity index (χ0v) is 42.5. The molecule has 0 aliphatic carbocycles. The van der Waals surface area contributed by atoms with Gasteiger partial charge in [-0.2, -0.15) is 0 Å². The molecule has 0 fully saturated rings. The second-order valence-corrected chi connectivity index (χ2v) is 18.1. The molecular weight excluding hydrogens is 973 g/mol. The van der Waals surface area contributed by atoms with E-state index in [1.54, 1.807) is 38.2 Å². The van der Waals surface area contributed by atoms with Gasteiger partial charge < -0.3 is 87.4 Å². The average molecular weight is 1050 g/mol. The van der Waals surface area contributed by atoms with Crippen molar-refractivity contribution in [1.82, 2.24) is 42.2 Å². The number of nitrogens with two attached hydrogens (primary N) is 7. The molecule has 75 heavy (non-hydrogen) atoms. The molecule has 0 bridgehead atoms. The number of aromatic amines is 1. The van der Waals surface area contributed by atoms with Gasteiger partial charge in [0, 0.05) is 56.5 Å². The van der Waals surface area contributed by atoms with Gasteiger partial charge in [-0.3, -0.25) is 53.3 Å². The van der Waals surface area contributed by atoms with E-state index in [-0.39, 0.29) is 101 Å². The number of nitrogens with one attached hydrogen (secondary N) is 8. The summed E-state index contributed by atoms with van der Waals surface area (Å²) in [5.41, 5.74) is 40.5. The predicted octanol–water partition coefficient (Wildman–Crippen LogP) is -3.60. The van der Waals surface area contributed by atoms with Crippen molar-refractivity contribution < 1.29 is 43.5 Å². The Morgan fingerprint density at radius 1 is 0.560 bits per heavy atom. The number of guanidine groups is 3. The van der Waals surface area contributed by atoms with Crippen LogP contribution in [0.25, 0.3) is 10.9 Å². The molecule has 27 nitrogen and oxygen atoms in total. The maximum absolute atomic E-state index is 14.5. The summed E-state index contributed by atoms with van der Waals surface area (Å²) in [6.07, 6.45) is 2.34. The van der Waals surface area contributed by atoms with E-state index in [1.807, 2.05) is 18.2 Å².